The molecule has 2 rings (SSSR count). The fraction of sp³-hybridized carbons (Fsp3) is 0.231. The summed E-state index contributed by atoms with van der Waals surface area (Å²) in [7, 11) is 0. The summed E-state index contributed by atoms with van der Waals surface area (Å²) in [5.41, 5.74) is 0.0951. The third-order valence-corrected chi connectivity index (χ3v) is 2.68. The number of hydrogen-bond donors (Lipinski definition) is 0. The molecule has 0 spiro atoms. The third-order valence-electron chi connectivity index (χ3n) is 2.68. The van der Waals surface area contributed by atoms with Crippen LogP contribution < -0.4 is 0 Å². The van der Waals surface area contributed by atoms with Gasteiger partial charge < -0.3 is 4.79 Å². The van der Waals surface area contributed by atoms with E-state index < -0.39 is 11.7 Å². The monoisotopic (exact) mass is 253 g/mol. The predicted octanol–water partition coefficient (Wildman–Crippen LogP) is 3.39. The molecule has 0 bridgehead atoms. The molecule has 18 heavy (non-hydrogen) atoms. The van der Waals surface area contributed by atoms with E-state index >= 15 is 0 Å². The molecule has 94 valence electrons. The standard InChI is InChI=1S/C13H10F3NO/c14-13(15,16)12-8-17-7-10-6-9(2-1-5-18)3-4-11(10)12/h3-8H,1-2H2. The van der Waals surface area contributed by atoms with E-state index in [-0.39, 0.29) is 5.39 Å². The molecule has 1 heterocycles. The smallest absolute Gasteiger partial charge is 0.303 e. The van der Waals surface area contributed by atoms with E-state index in [1.54, 1.807) is 12.1 Å². The number of aldehydes is 1. The molecule has 0 aliphatic carbocycles. The molecule has 5 heteroatoms. The topological polar surface area (TPSA) is 30.0 Å². The number of nitrogens with zero attached hydrogens (tertiary/aromatic N) is 1. The molecule has 1 aromatic carbocycles. The van der Waals surface area contributed by atoms with E-state index in [0.717, 1.165) is 18.0 Å². The van der Waals surface area contributed by atoms with Crippen LogP contribution in [0.15, 0.2) is 30.6 Å². The SMILES string of the molecule is O=CCCc1ccc2c(C(F)(F)F)cncc2c1. The molecule has 2 nitrogen and oxygen atoms in total. The second-order valence-electron chi connectivity index (χ2n) is 3.95. The van der Waals surface area contributed by atoms with Crippen LogP contribution in [0.1, 0.15) is 17.5 Å². The number of rotatable bonds is 3. The summed E-state index contributed by atoms with van der Waals surface area (Å²) in [6.07, 6.45) is -0.513. The summed E-state index contributed by atoms with van der Waals surface area (Å²) >= 11 is 0. The van der Waals surface area contributed by atoms with Crippen molar-refractivity contribution < 1.29 is 18.0 Å². The molecule has 0 radical (unpaired) electrons. The van der Waals surface area contributed by atoms with Gasteiger partial charge in [0.2, 0.25) is 0 Å². The fourth-order valence-electron chi connectivity index (χ4n) is 1.83. The Kier molecular flexibility index (Phi) is 3.32. The van der Waals surface area contributed by atoms with Crippen LogP contribution in [0.25, 0.3) is 10.8 Å². The number of fused-ring (bicyclic) bond motifs is 1. The van der Waals surface area contributed by atoms with Crippen molar-refractivity contribution >= 4 is 17.1 Å². The Hall–Kier alpha value is -1.91. The van der Waals surface area contributed by atoms with Crippen LogP contribution in [0.4, 0.5) is 13.2 Å². The van der Waals surface area contributed by atoms with Gasteiger partial charge in [-0.2, -0.15) is 13.2 Å². The van der Waals surface area contributed by atoms with Crippen molar-refractivity contribution in [3.05, 3.63) is 41.7 Å². The maximum absolute atomic E-state index is 12.7. The van der Waals surface area contributed by atoms with Crippen molar-refractivity contribution in [1.29, 1.82) is 0 Å². The van der Waals surface area contributed by atoms with Crippen LogP contribution in [0.5, 0.6) is 0 Å². The Morgan fingerprint density at radius 1 is 1.22 bits per heavy atom. The van der Waals surface area contributed by atoms with Gasteiger partial charge in [0.25, 0.3) is 0 Å². The van der Waals surface area contributed by atoms with Gasteiger partial charge >= 0.3 is 6.18 Å². The number of benzene rings is 1. The molecule has 0 amide bonds. The fourth-order valence-corrected chi connectivity index (χ4v) is 1.83. The Morgan fingerprint density at radius 3 is 2.67 bits per heavy atom. The average molecular weight is 253 g/mol. The van der Waals surface area contributed by atoms with Crippen molar-refractivity contribution in [3.8, 4) is 0 Å². The predicted molar refractivity (Wildman–Crippen MR) is 61.1 cm³/mol. The molecule has 0 aliphatic rings. The van der Waals surface area contributed by atoms with E-state index in [1.807, 2.05) is 0 Å². The maximum atomic E-state index is 12.7. The van der Waals surface area contributed by atoms with Gasteiger partial charge in [-0.25, -0.2) is 0 Å². The minimum absolute atomic E-state index is 0.132. The zero-order chi connectivity index (χ0) is 13.2. The molecule has 1 aromatic heterocycles. The van der Waals surface area contributed by atoms with E-state index in [2.05, 4.69) is 4.98 Å². The zero-order valence-electron chi connectivity index (χ0n) is 9.37. The van der Waals surface area contributed by atoms with Crippen molar-refractivity contribution in [2.45, 2.75) is 19.0 Å². The second-order valence-corrected chi connectivity index (χ2v) is 3.95. The molecule has 0 unspecified atom stereocenters. The first-order chi connectivity index (χ1) is 8.52. The van der Waals surface area contributed by atoms with Gasteiger partial charge in [0.15, 0.2) is 0 Å². The molecule has 0 fully saturated rings. The van der Waals surface area contributed by atoms with Crippen molar-refractivity contribution in [2.75, 3.05) is 0 Å². The number of carbonyl (C=O) groups excluding carboxylic acids is 1. The zero-order valence-corrected chi connectivity index (χ0v) is 9.37. The average Bonchev–Trinajstić information content (AvgIpc) is 2.34. The third kappa shape index (κ3) is 2.50. The first-order valence-corrected chi connectivity index (χ1v) is 5.40. The van der Waals surface area contributed by atoms with Crippen LogP contribution in [0.3, 0.4) is 0 Å². The second kappa shape index (κ2) is 4.76. The Labute approximate surface area is 101 Å². The molecule has 2 aromatic rings. The number of halogens is 3. The number of aromatic nitrogens is 1. The molecule has 0 saturated heterocycles. The van der Waals surface area contributed by atoms with E-state index in [4.69, 9.17) is 0 Å². The van der Waals surface area contributed by atoms with E-state index in [0.29, 0.717) is 18.2 Å². The van der Waals surface area contributed by atoms with Crippen LogP contribution in [-0.2, 0) is 17.4 Å². The quantitative estimate of drug-likeness (QED) is 0.785. The van der Waals surface area contributed by atoms with Crippen LogP contribution in [-0.4, -0.2) is 11.3 Å². The summed E-state index contributed by atoms with van der Waals surface area (Å²) in [5.74, 6) is 0. The minimum atomic E-state index is -4.41. The van der Waals surface area contributed by atoms with Crippen molar-refractivity contribution in [2.24, 2.45) is 0 Å². The lowest BCUT2D eigenvalue weighted by atomic mass is 10.0. The normalized spacial score (nSPS) is 11.7. The molecule has 0 N–H and O–H groups in total. The number of pyridine rings is 1. The Morgan fingerprint density at radius 2 is 2.00 bits per heavy atom. The van der Waals surface area contributed by atoms with Gasteiger partial charge in [0, 0.05) is 24.2 Å². The lowest BCUT2D eigenvalue weighted by Gasteiger charge is -2.10. The van der Waals surface area contributed by atoms with Gasteiger partial charge in [-0.15, -0.1) is 0 Å². The van der Waals surface area contributed by atoms with Gasteiger partial charge in [0.1, 0.15) is 6.29 Å². The lowest BCUT2D eigenvalue weighted by molar-refractivity contribution is -0.136. The van der Waals surface area contributed by atoms with Gasteiger partial charge in [0.05, 0.1) is 5.56 Å². The minimum Gasteiger partial charge on any atom is -0.303 e. The number of alkyl halides is 3. The summed E-state index contributed by atoms with van der Waals surface area (Å²) in [6.45, 7) is 0. The van der Waals surface area contributed by atoms with Crippen molar-refractivity contribution in [1.82, 2.24) is 4.98 Å². The first-order valence-electron chi connectivity index (χ1n) is 5.40. The number of aryl methyl sites for hydroxylation is 1. The molecule has 0 atom stereocenters. The highest BCUT2D eigenvalue weighted by Gasteiger charge is 2.32. The Bertz CT molecular complexity index is 578. The largest absolute Gasteiger partial charge is 0.418 e. The van der Waals surface area contributed by atoms with Gasteiger partial charge in [-0.05, 0) is 23.4 Å². The molecule has 0 saturated carbocycles. The molecular formula is C13H10F3NO. The highest BCUT2D eigenvalue weighted by Crippen LogP contribution is 2.34. The Balaban J connectivity index is 2.50. The van der Waals surface area contributed by atoms with E-state index in [1.165, 1.54) is 12.3 Å². The summed E-state index contributed by atoms with van der Waals surface area (Å²) in [4.78, 5) is 13.9. The number of hydrogen-bond acceptors (Lipinski definition) is 2. The van der Waals surface area contributed by atoms with Crippen LogP contribution in [0.2, 0.25) is 0 Å². The lowest BCUT2D eigenvalue weighted by Crippen LogP contribution is -2.06. The summed E-state index contributed by atoms with van der Waals surface area (Å²) < 4.78 is 38.2. The van der Waals surface area contributed by atoms with E-state index in [9.17, 15) is 18.0 Å². The summed E-state index contributed by atoms with van der Waals surface area (Å²) in [6, 6.07) is 4.68. The molecular weight excluding hydrogens is 243 g/mol. The maximum Gasteiger partial charge on any atom is 0.418 e. The highest BCUT2D eigenvalue weighted by molar-refractivity contribution is 5.85. The van der Waals surface area contributed by atoms with Gasteiger partial charge in [-0.3, -0.25) is 4.98 Å². The molecule has 0 aliphatic heterocycles. The highest BCUT2D eigenvalue weighted by atomic mass is 19.4. The first kappa shape index (κ1) is 12.5. The number of carbonyl (C=O) groups is 1. The summed E-state index contributed by atoms with van der Waals surface area (Å²) in [5, 5.41) is 0.570. The van der Waals surface area contributed by atoms with Gasteiger partial charge in [-0.1, -0.05) is 12.1 Å². The van der Waals surface area contributed by atoms with Crippen LogP contribution in [0, 0.1) is 0 Å². The van der Waals surface area contributed by atoms with Crippen LogP contribution >= 0.6 is 0 Å². The van der Waals surface area contributed by atoms with Crippen molar-refractivity contribution in [3.63, 3.8) is 0 Å².